The Morgan fingerprint density at radius 3 is 2.24 bits per heavy atom. The Bertz CT molecular complexity index is 479. The van der Waals surface area contributed by atoms with Gasteiger partial charge < -0.3 is 10.0 Å². The summed E-state index contributed by atoms with van der Waals surface area (Å²) in [6.07, 6.45) is 3.26. The molecular formula is C13H15N3O. The Morgan fingerprint density at radius 2 is 1.71 bits per heavy atom. The fourth-order valence-electron chi connectivity index (χ4n) is 1.49. The van der Waals surface area contributed by atoms with E-state index < -0.39 is 0 Å². The van der Waals surface area contributed by atoms with Gasteiger partial charge in [0, 0.05) is 30.7 Å². The summed E-state index contributed by atoms with van der Waals surface area (Å²) in [5.74, 6) is 0.617. The average Bonchev–Trinajstić information content (AvgIpc) is 2.39. The minimum Gasteiger partial charge on any atom is -0.392 e. The molecule has 0 amide bonds. The summed E-state index contributed by atoms with van der Waals surface area (Å²) >= 11 is 0. The van der Waals surface area contributed by atoms with Gasteiger partial charge in [0.1, 0.15) is 0 Å². The van der Waals surface area contributed by atoms with E-state index in [4.69, 9.17) is 5.11 Å². The summed E-state index contributed by atoms with van der Waals surface area (Å²) in [6.45, 7) is 2.02. The van der Waals surface area contributed by atoms with Gasteiger partial charge in [0.2, 0.25) is 5.95 Å². The van der Waals surface area contributed by atoms with Gasteiger partial charge in [-0.25, -0.2) is 9.97 Å². The second-order valence-electron chi connectivity index (χ2n) is 3.94. The van der Waals surface area contributed by atoms with Gasteiger partial charge in [-0.15, -0.1) is 0 Å². The van der Waals surface area contributed by atoms with Crippen LogP contribution in [0.15, 0.2) is 36.7 Å². The van der Waals surface area contributed by atoms with Crippen LogP contribution in [-0.2, 0) is 6.61 Å². The topological polar surface area (TPSA) is 49.2 Å². The van der Waals surface area contributed by atoms with Gasteiger partial charge in [-0.2, -0.15) is 0 Å². The lowest BCUT2D eigenvalue weighted by Crippen LogP contribution is -2.13. The summed E-state index contributed by atoms with van der Waals surface area (Å²) in [6, 6.07) is 8.15. The zero-order chi connectivity index (χ0) is 12.3. The highest BCUT2D eigenvalue weighted by molar-refractivity contribution is 5.56. The molecule has 0 fully saturated rings. The molecule has 0 spiro atoms. The second-order valence-corrected chi connectivity index (χ2v) is 3.94. The SMILES string of the molecule is Cc1ccc(N(C)c2ncc(CO)cn2)cc1. The van der Waals surface area contributed by atoms with Crippen molar-refractivity contribution in [3.05, 3.63) is 47.8 Å². The molecule has 0 unspecified atom stereocenters. The maximum absolute atomic E-state index is 8.92. The van der Waals surface area contributed by atoms with Crippen LogP contribution >= 0.6 is 0 Å². The van der Waals surface area contributed by atoms with E-state index in [0.29, 0.717) is 11.5 Å². The predicted octanol–water partition coefficient (Wildman–Crippen LogP) is 2.05. The third-order valence-corrected chi connectivity index (χ3v) is 2.60. The van der Waals surface area contributed by atoms with Crippen LogP contribution in [0.2, 0.25) is 0 Å². The molecule has 0 aliphatic heterocycles. The zero-order valence-electron chi connectivity index (χ0n) is 9.96. The number of hydrogen-bond acceptors (Lipinski definition) is 4. The first-order valence-electron chi connectivity index (χ1n) is 5.43. The maximum Gasteiger partial charge on any atom is 0.229 e. The van der Waals surface area contributed by atoms with Crippen molar-refractivity contribution in [3.63, 3.8) is 0 Å². The van der Waals surface area contributed by atoms with Gasteiger partial charge in [-0.3, -0.25) is 0 Å². The molecule has 0 aliphatic carbocycles. The van der Waals surface area contributed by atoms with E-state index in [-0.39, 0.29) is 6.61 Å². The van der Waals surface area contributed by atoms with Crippen molar-refractivity contribution in [2.45, 2.75) is 13.5 Å². The molecule has 0 radical (unpaired) electrons. The minimum absolute atomic E-state index is 0.0332. The van der Waals surface area contributed by atoms with Gasteiger partial charge in [-0.1, -0.05) is 17.7 Å². The van der Waals surface area contributed by atoms with E-state index in [1.165, 1.54) is 5.56 Å². The van der Waals surface area contributed by atoms with Crippen LogP contribution in [0.1, 0.15) is 11.1 Å². The Kier molecular flexibility index (Phi) is 3.35. The molecular weight excluding hydrogens is 214 g/mol. The number of nitrogens with zero attached hydrogens (tertiary/aromatic N) is 3. The van der Waals surface area contributed by atoms with Crippen LogP contribution in [0.5, 0.6) is 0 Å². The van der Waals surface area contributed by atoms with Gasteiger partial charge in [-0.05, 0) is 19.1 Å². The smallest absolute Gasteiger partial charge is 0.229 e. The lowest BCUT2D eigenvalue weighted by Gasteiger charge is -2.17. The summed E-state index contributed by atoms with van der Waals surface area (Å²) in [5, 5.41) is 8.92. The monoisotopic (exact) mass is 229 g/mol. The summed E-state index contributed by atoms with van der Waals surface area (Å²) in [4.78, 5) is 10.3. The molecule has 0 atom stereocenters. The van der Waals surface area contributed by atoms with Gasteiger partial charge in [0.15, 0.2) is 0 Å². The van der Waals surface area contributed by atoms with Crippen LogP contribution in [0.3, 0.4) is 0 Å². The molecule has 0 saturated heterocycles. The van der Waals surface area contributed by atoms with Crippen molar-refractivity contribution in [2.75, 3.05) is 11.9 Å². The molecule has 2 rings (SSSR count). The molecule has 1 aromatic heterocycles. The number of rotatable bonds is 3. The molecule has 0 saturated carbocycles. The zero-order valence-corrected chi connectivity index (χ0v) is 9.96. The van der Waals surface area contributed by atoms with Crippen LogP contribution in [-0.4, -0.2) is 22.1 Å². The molecule has 0 aliphatic rings. The molecule has 4 nitrogen and oxygen atoms in total. The van der Waals surface area contributed by atoms with Gasteiger partial charge in [0.05, 0.1) is 6.61 Å². The highest BCUT2D eigenvalue weighted by Crippen LogP contribution is 2.19. The first-order chi connectivity index (χ1) is 8.20. The Morgan fingerprint density at radius 1 is 1.12 bits per heavy atom. The maximum atomic E-state index is 8.92. The highest BCUT2D eigenvalue weighted by Gasteiger charge is 2.06. The largest absolute Gasteiger partial charge is 0.392 e. The molecule has 1 heterocycles. The fourth-order valence-corrected chi connectivity index (χ4v) is 1.49. The Balaban J connectivity index is 2.23. The average molecular weight is 229 g/mol. The van der Waals surface area contributed by atoms with Crippen molar-refractivity contribution in [3.8, 4) is 0 Å². The Labute approximate surface area is 101 Å². The van der Waals surface area contributed by atoms with E-state index in [9.17, 15) is 0 Å². The van der Waals surface area contributed by atoms with E-state index in [0.717, 1.165) is 5.69 Å². The molecule has 4 heteroatoms. The molecule has 0 bridgehead atoms. The number of hydrogen-bond donors (Lipinski definition) is 1. The van der Waals surface area contributed by atoms with E-state index >= 15 is 0 Å². The first-order valence-corrected chi connectivity index (χ1v) is 5.43. The summed E-state index contributed by atoms with van der Waals surface area (Å²) in [5.41, 5.74) is 2.97. The molecule has 88 valence electrons. The number of aromatic nitrogens is 2. The number of anilines is 2. The molecule has 1 aromatic carbocycles. The number of benzene rings is 1. The van der Waals surface area contributed by atoms with E-state index in [1.807, 2.05) is 36.2 Å². The Hall–Kier alpha value is -1.94. The van der Waals surface area contributed by atoms with Crippen LogP contribution in [0, 0.1) is 6.92 Å². The van der Waals surface area contributed by atoms with Crippen LogP contribution in [0.25, 0.3) is 0 Å². The van der Waals surface area contributed by atoms with Crippen molar-refractivity contribution in [1.82, 2.24) is 9.97 Å². The minimum atomic E-state index is -0.0332. The van der Waals surface area contributed by atoms with Crippen molar-refractivity contribution >= 4 is 11.6 Å². The van der Waals surface area contributed by atoms with Crippen molar-refractivity contribution in [2.24, 2.45) is 0 Å². The van der Waals surface area contributed by atoms with Gasteiger partial charge >= 0.3 is 0 Å². The predicted molar refractivity (Wildman–Crippen MR) is 67.2 cm³/mol. The molecule has 1 N–H and O–H groups in total. The second kappa shape index (κ2) is 4.93. The van der Waals surface area contributed by atoms with Crippen molar-refractivity contribution < 1.29 is 5.11 Å². The van der Waals surface area contributed by atoms with Crippen molar-refractivity contribution in [1.29, 1.82) is 0 Å². The number of aliphatic hydroxyl groups is 1. The molecule has 17 heavy (non-hydrogen) atoms. The lowest BCUT2D eigenvalue weighted by atomic mass is 10.2. The van der Waals surface area contributed by atoms with E-state index in [2.05, 4.69) is 16.9 Å². The van der Waals surface area contributed by atoms with Crippen LogP contribution in [0.4, 0.5) is 11.6 Å². The quantitative estimate of drug-likeness (QED) is 0.875. The fraction of sp³-hybridized carbons (Fsp3) is 0.231. The van der Waals surface area contributed by atoms with Gasteiger partial charge in [0.25, 0.3) is 0 Å². The van der Waals surface area contributed by atoms with E-state index in [1.54, 1.807) is 12.4 Å². The normalized spacial score (nSPS) is 10.3. The number of aliphatic hydroxyl groups excluding tert-OH is 1. The summed E-state index contributed by atoms with van der Waals surface area (Å²) in [7, 11) is 1.92. The summed E-state index contributed by atoms with van der Waals surface area (Å²) < 4.78 is 0. The van der Waals surface area contributed by atoms with Crippen LogP contribution < -0.4 is 4.90 Å². The lowest BCUT2D eigenvalue weighted by molar-refractivity contribution is 0.281. The highest BCUT2D eigenvalue weighted by atomic mass is 16.3. The third kappa shape index (κ3) is 2.60. The number of aryl methyl sites for hydroxylation is 1. The third-order valence-electron chi connectivity index (χ3n) is 2.60. The standard InChI is InChI=1S/C13H15N3O/c1-10-3-5-12(6-4-10)16(2)13-14-7-11(9-17)8-15-13/h3-8,17H,9H2,1-2H3. The molecule has 2 aromatic rings. The first kappa shape index (κ1) is 11.5.